The third-order valence-electron chi connectivity index (χ3n) is 8.10. The standard InChI is InChI=1S/C21H30O/c1-3-20-13-11-17-16-8-6-5-7-15(16)9-10-18(17)19(20)12-14-21(20,22)4-2/h2,7,16-19,22H,3,5-6,8-14H2,1H3/t16-,17-,18+,19+,20+,21+/m0/s1. The fourth-order valence-corrected chi connectivity index (χ4v) is 7.08. The van der Waals surface area contributed by atoms with E-state index < -0.39 is 5.60 Å². The minimum atomic E-state index is -0.833. The molecule has 0 bridgehead atoms. The average molecular weight is 298 g/mol. The van der Waals surface area contributed by atoms with Gasteiger partial charge in [0.05, 0.1) is 0 Å². The first-order chi connectivity index (χ1) is 10.6. The van der Waals surface area contributed by atoms with E-state index in [0.717, 1.165) is 43.4 Å². The molecule has 0 aromatic heterocycles. The lowest BCUT2D eigenvalue weighted by Gasteiger charge is -2.56. The van der Waals surface area contributed by atoms with Gasteiger partial charge in [-0.1, -0.05) is 24.5 Å². The molecular weight excluding hydrogens is 268 g/mol. The smallest absolute Gasteiger partial charge is 0.131 e. The maximum absolute atomic E-state index is 11.1. The third kappa shape index (κ3) is 1.77. The van der Waals surface area contributed by atoms with Crippen molar-refractivity contribution in [3.63, 3.8) is 0 Å². The predicted molar refractivity (Wildman–Crippen MR) is 90.1 cm³/mol. The highest BCUT2D eigenvalue weighted by atomic mass is 16.3. The van der Waals surface area contributed by atoms with Gasteiger partial charge in [0.2, 0.25) is 0 Å². The Morgan fingerprint density at radius 1 is 1.23 bits per heavy atom. The molecule has 3 fully saturated rings. The van der Waals surface area contributed by atoms with Crippen molar-refractivity contribution in [3.8, 4) is 12.3 Å². The van der Waals surface area contributed by atoms with Gasteiger partial charge in [0.1, 0.15) is 5.60 Å². The van der Waals surface area contributed by atoms with Crippen LogP contribution >= 0.6 is 0 Å². The highest BCUT2D eigenvalue weighted by molar-refractivity contribution is 5.26. The number of hydrogen-bond donors (Lipinski definition) is 1. The molecule has 0 aromatic carbocycles. The van der Waals surface area contributed by atoms with Crippen molar-refractivity contribution in [3.05, 3.63) is 11.6 Å². The molecule has 0 saturated heterocycles. The van der Waals surface area contributed by atoms with E-state index in [4.69, 9.17) is 6.42 Å². The van der Waals surface area contributed by atoms with Crippen LogP contribution in [0.5, 0.6) is 0 Å². The van der Waals surface area contributed by atoms with E-state index in [1.807, 2.05) is 0 Å². The maximum Gasteiger partial charge on any atom is 0.131 e. The first-order valence-corrected chi connectivity index (χ1v) is 9.54. The van der Waals surface area contributed by atoms with Crippen molar-refractivity contribution in [2.75, 3.05) is 0 Å². The lowest BCUT2D eigenvalue weighted by molar-refractivity contribution is -0.0993. The number of aliphatic hydroxyl groups is 1. The van der Waals surface area contributed by atoms with Crippen LogP contribution in [0, 0.1) is 41.4 Å². The van der Waals surface area contributed by atoms with E-state index in [2.05, 4.69) is 18.9 Å². The molecule has 120 valence electrons. The fourth-order valence-electron chi connectivity index (χ4n) is 7.08. The van der Waals surface area contributed by atoms with Crippen LogP contribution < -0.4 is 0 Å². The summed E-state index contributed by atoms with van der Waals surface area (Å²) in [5, 5.41) is 11.1. The summed E-state index contributed by atoms with van der Waals surface area (Å²) in [4.78, 5) is 0. The summed E-state index contributed by atoms with van der Waals surface area (Å²) in [6.07, 6.45) is 20.6. The summed E-state index contributed by atoms with van der Waals surface area (Å²) in [6, 6.07) is 0. The molecule has 1 nitrogen and oxygen atoms in total. The molecule has 1 heteroatoms. The number of terminal acetylenes is 1. The normalized spacial score (nSPS) is 50.3. The molecule has 4 aliphatic carbocycles. The second kappa shape index (κ2) is 5.13. The van der Waals surface area contributed by atoms with E-state index >= 15 is 0 Å². The van der Waals surface area contributed by atoms with Gasteiger partial charge in [-0.2, -0.15) is 0 Å². The van der Waals surface area contributed by atoms with Crippen molar-refractivity contribution in [2.45, 2.75) is 76.7 Å². The molecule has 1 N–H and O–H groups in total. The zero-order valence-electron chi connectivity index (χ0n) is 14.0. The van der Waals surface area contributed by atoms with Crippen LogP contribution in [0.1, 0.15) is 71.1 Å². The van der Waals surface area contributed by atoms with Gasteiger partial charge in [-0.3, -0.25) is 0 Å². The first-order valence-electron chi connectivity index (χ1n) is 9.54. The lowest BCUT2D eigenvalue weighted by Crippen LogP contribution is -2.53. The van der Waals surface area contributed by atoms with Crippen LogP contribution in [0.25, 0.3) is 0 Å². The first kappa shape index (κ1) is 14.8. The third-order valence-corrected chi connectivity index (χ3v) is 8.10. The Labute approximate surface area is 135 Å². The zero-order valence-corrected chi connectivity index (χ0v) is 14.0. The molecule has 0 unspecified atom stereocenters. The molecule has 0 heterocycles. The molecule has 0 radical (unpaired) electrons. The predicted octanol–water partition coefficient (Wildman–Crippen LogP) is 4.70. The molecule has 0 aliphatic heterocycles. The number of hydrogen-bond acceptors (Lipinski definition) is 1. The lowest BCUT2D eigenvalue weighted by atomic mass is 9.49. The highest BCUT2D eigenvalue weighted by Crippen LogP contribution is 2.66. The van der Waals surface area contributed by atoms with Crippen LogP contribution in [0.15, 0.2) is 11.6 Å². The average Bonchev–Trinajstić information content (AvgIpc) is 2.89. The number of fused-ring (bicyclic) bond motifs is 5. The molecule has 22 heavy (non-hydrogen) atoms. The Kier molecular flexibility index (Phi) is 3.46. The Hall–Kier alpha value is -0.740. The van der Waals surface area contributed by atoms with Crippen LogP contribution in [0.4, 0.5) is 0 Å². The Balaban J connectivity index is 1.68. The van der Waals surface area contributed by atoms with E-state index in [-0.39, 0.29) is 5.41 Å². The SMILES string of the molecule is C#C[C@@]1(O)CC[C@@H]2[C@@H]3CCC4=CCCC[C@@H]4[C@@H]3CC[C@]21CC. The van der Waals surface area contributed by atoms with Crippen LogP contribution in [-0.2, 0) is 0 Å². The highest BCUT2D eigenvalue weighted by Gasteiger charge is 2.63. The summed E-state index contributed by atoms with van der Waals surface area (Å²) >= 11 is 0. The fraction of sp³-hybridized carbons (Fsp3) is 0.810. The second-order valence-corrected chi connectivity index (χ2v) is 8.38. The minimum Gasteiger partial charge on any atom is -0.377 e. The van der Waals surface area contributed by atoms with Gasteiger partial charge in [-0.05, 0) is 87.9 Å². The molecule has 4 aliphatic rings. The second-order valence-electron chi connectivity index (χ2n) is 8.38. The van der Waals surface area contributed by atoms with Crippen molar-refractivity contribution in [1.82, 2.24) is 0 Å². The minimum absolute atomic E-state index is 0.0127. The molecule has 0 amide bonds. The van der Waals surface area contributed by atoms with Gasteiger partial charge in [0.15, 0.2) is 0 Å². The van der Waals surface area contributed by atoms with E-state index in [9.17, 15) is 5.11 Å². The molecule has 0 spiro atoms. The van der Waals surface area contributed by atoms with Crippen molar-refractivity contribution >= 4 is 0 Å². The Bertz CT molecular complexity index is 527. The quantitative estimate of drug-likeness (QED) is 0.549. The van der Waals surface area contributed by atoms with E-state index in [1.54, 1.807) is 5.57 Å². The van der Waals surface area contributed by atoms with Crippen LogP contribution in [0.3, 0.4) is 0 Å². The van der Waals surface area contributed by atoms with Crippen LogP contribution in [-0.4, -0.2) is 10.7 Å². The number of rotatable bonds is 1. The van der Waals surface area contributed by atoms with E-state index in [0.29, 0.717) is 5.92 Å². The molecule has 6 atom stereocenters. The monoisotopic (exact) mass is 298 g/mol. The summed E-state index contributed by atoms with van der Waals surface area (Å²) in [7, 11) is 0. The maximum atomic E-state index is 11.1. The topological polar surface area (TPSA) is 20.2 Å². The molecular formula is C21H30O. The largest absolute Gasteiger partial charge is 0.377 e. The van der Waals surface area contributed by atoms with Gasteiger partial charge >= 0.3 is 0 Å². The van der Waals surface area contributed by atoms with Crippen LogP contribution in [0.2, 0.25) is 0 Å². The molecule has 4 rings (SSSR count). The summed E-state index contributed by atoms with van der Waals surface area (Å²) in [5.74, 6) is 6.05. The molecule has 3 saturated carbocycles. The van der Waals surface area contributed by atoms with Gasteiger partial charge in [0.25, 0.3) is 0 Å². The van der Waals surface area contributed by atoms with Gasteiger partial charge in [-0.15, -0.1) is 6.42 Å². The van der Waals surface area contributed by atoms with Gasteiger partial charge in [0, 0.05) is 5.41 Å². The number of allylic oxidation sites excluding steroid dienone is 2. The zero-order chi connectivity index (χ0) is 15.4. The van der Waals surface area contributed by atoms with Gasteiger partial charge in [-0.25, -0.2) is 0 Å². The van der Waals surface area contributed by atoms with E-state index in [1.165, 1.54) is 38.5 Å². The summed E-state index contributed by atoms with van der Waals surface area (Å²) in [6.45, 7) is 2.26. The Morgan fingerprint density at radius 2 is 2.09 bits per heavy atom. The summed E-state index contributed by atoms with van der Waals surface area (Å²) in [5.41, 5.74) is 0.959. The van der Waals surface area contributed by atoms with Gasteiger partial charge < -0.3 is 5.11 Å². The van der Waals surface area contributed by atoms with Crippen molar-refractivity contribution < 1.29 is 5.11 Å². The van der Waals surface area contributed by atoms with Crippen molar-refractivity contribution in [1.29, 1.82) is 0 Å². The van der Waals surface area contributed by atoms with Crippen molar-refractivity contribution in [2.24, 2.45) is 29.1 Å². The molecule has 0 aromatic rings. The summed E-state index contributed by atoms with van der Waals surface area (Å²) < 4.78 is 0. The Morgan fingerprint density at radius 3 is 2.86 bits per heavy atom.